The molecule has 134 valence electrons. The highest BCUT2D eigenvalue weighted by Gasteiger charge is 2.09. The second kappa shape index (κ2) is 6.92. The summed E-state index contributed by atoms with van der Waals surface area (Å²) in [7, 11) is 1.61. The first-order chi connectivity index (χ1) is 13.1. The first kappa shape index (κ1) is 16.8. The monoisotopic (exact) mass is 357 g/mol. The number of nitrogens with one attached hydrogen (secondary N) is 2. The van der Waals surface area contributed by atoms with E-state index in [9.17, 15) is 4.79 Å². The molecule has 0 atom stereocenters. The van der Waals surface area contributed by atoms with E-state index in [1.165, 1.54) is 5.56 Å². The van der Waals surface area contributed by atoms with Gasteiger partial charge >= 0.3 is 0 Å². The standard InChI is InChI=1S/C21H19N5O/c1-14-6-8-15(9-7-14)18-4-3-5-19-24-21(25-26(18)19)23-17-12-10-16(11-13-17)20(27)22-2/h3-13H,1-2H3,(H,22,27)(H,23,25). The predicted molar refractivity (Wildman–Crippen MR) is 106 cm³/mol. The summed E-state index contributed by atoms with van der Waals surface area (Å²) in [6.45, 7) is 2.07. The Labute approximate surface area is 156 Å². The number of fused-ring (bicyclic) bond motifs is 1. The number of amides is 1. The number of carbonyl (C=O) groups excluding carboxylic acids is 1. The smallest absolute Gasteiger partial charge is 0.251 e. The molecule has 0 bridgehead atoms. The van der Waals surface area contributed by atoms with E-state index in [1.807, 2.05) is 34.8 Å². The summed E-state index contributed by atoms with van der Waals surface area (Å²) in [5.41, 5.74) is 5.45. The van der Waals surface area contributed by atoms with Gasteiger partial charge < -0.3 is 10.6 Å². The third-order valence-electron chi connectivity index (χ3n) is 4.34. The number of nitrogens with zero attached hydrogens (tertiary/aromatic N) is 3. The zero-order valence-electron chi connectivity index (χ0n) is 15.1. The number of benzene rings is 2. The van der Waals surface area contributed by atoms with Crippen molar-refractivity contribution in [3.63, 3.8) is 0 Å². The molecule has 0 fully saturated rings. The molecule has 2 N–H and O–H groups in total. The highest BCUT2D eigenvalue weighted by Crippen LogP contribution is 2.22. The summed E-state index contributed by atoms with van der Waals surface area (Å²) < 4.78 is 1.83. The van der Waals surface area contributed by atoms with Crippen LogP contribution in [-0.2, 0) is 0 Å². The van der Waals surface area contributed by atoms with Gasteiger partial charge in [0.05, 0.1) is 5.69 Å². The van der Waals surface area contributed by atoms with Crippen LogP contribution in [0.4, 0.5) is 11.6 Å². The summed E-state index contributed by atoms with van der Waals surface area (Å²) in [5, 5.41) is 10.4. The normalized spacial score (nSPS) is 10.7. The van der Waals surface area contributed by atoms with Gasteiger partial charge in [-0.25, -0.2) is 4.52 Å². The summed E-state index contributed by atoms with van der Waals surface area (Å²) >= 11 is 0. The van der Waals surface area contributed by atoms with Crippen molar-refractivity contribution in [1.82, 2.24) is 19.9 Å². The molecule has 2 aromatic heterocycles. The van der Waals surface area contributed by atoms with Gasteiger partial charge in [0.15, 0.2) is 5.65 Å². The third-order valence-corrected chi connectivity index (χ3v) is 4.34. The lowest BCUT2D eigenvalue weighted by Gasteiger charge is -2.05. The molecular weight excluding hydrogens is 338 g/mol. The minimum Gasteiger partial charge on any atom is -0.355 e. The number of hydrogen-bond acceptors (Lipinski definition) is 4. The molecule has 0 aliphatic carbocycles. The molecule has 6 heteroatoms. The molecule has 27 heavy (non-hydrogen) atoms. The van der Waals surface area contributed by atoms with Crippen molar-refractivity contribution in [2.24, 2.45) is 0 Å². The van der Waals surface area contributed by atoms with Crippen LogP contribution in [0.2, 0.25) is 0 Å². The van der Waals surface area contributed by atoms with Crippen LogP contribution in [0.25, 0.3) is 16.9 Å². The van der Waals surface area contributed by atoms with Crippen LogP contribution in [0.5, 0.6) is 0 Å². The molecule has 0 unspecified atom stereocenters. The number of pyridine rings is 1. The fraction of sp³-hybridized carbons (Fsp3) is 0.0952. The van der Waals surface area contributed by atoms with Crippen molar-refractivity contribution < 1.29 is 4.79 Å². The summed E-state index contributed by atoms with van der Waals surface area (Å²) in [5.74, 6) is 0.386. The van der Waals surface area contributed by atoms with Gasteiger partial charge in [0.2, 0.25) is 5.95 Å². The van der Waals surface area contributed by atoms with Gasteiger partial charge in [0.1, 0.15) is 0 Å². The van der Waals surface area contributed by atoms with Gasteiger partial charge in [-0.3, -0.25) is 4.79 Å². The Morgan fingerprint density at radius 3 is 2.41 bits per heavy atom. The highest BCUT2D eigenvalue weighted by molar-refractivity contribution is 5.94. The largest absolute Gasteiger partial charge is 0.355 e. The highest BCUT2D eigenvalue weighted by atomic mass is 16.1. The number of aryl methyl sites for hydroxylation is 1. The molecule has 0 saturated heterocycles. The summed E-state index contributed by atoms with van der Waals surface area (Å²) in [6, 6.07) is 21.4. The van der Waals surface area contributed by atoms with E-state index in [0.717, 1.165) is 22.6 Å². The van der Waals surface area contributed by atoms with Crippen LogP contribution in [0.1, 0.15) is 15.9 Å². The Hall–Kier alpha value is -3.67. The first-order valence-corrected chi connectivity index (χ1v) is 8.66. The van der Waals surface area contributed by atoms with Crippen LogP contribution >= 0.6 is 0 Å². The van der Waals surface area contributed by atoms with Crippen molar-refractivity contribution >= 4 is 23.2 Å². The number of hydrogen-bond donors (Lipinski definition) is 2. The van der Waals surface area contributed by atoms with E-state index in [2.05, 4.69) is 51.9 Å². The second-order valence-electron chi connectivity index (χ2n) is 6.26. The van der Waals surface area contributed by atoms with Crippen LogP contribution in [-0.4, -0.2) is 27.6 Å². The number of rotatable bonds is 4. The van der Waals surface area contributed by atoms with Gasteiger partial charge in [-0.15, -0.1) is 5.10 Å². The van der Waals surface area contributed by atoms with Crippen LogP contribution in [0.15, 0.2) is 66.7 Å². The molecule has 0 aliphatic heterocycles. The van der Waals surface area contributed by atoms with Gasteiger partial charge in [-0.2, -0.15) is 4.98 Å². The number of anilines is 2. The van der Waals surface area contributed by atoms with Gasteiger partial charge in [0, 0.05) is 23.9 Å². The minimum atomic E-state index is -0.116. The average Bonchev–Trinajstić information content (AvgIpc) is 3.11. The average molecular weight is 357 g/mol. The molecule has 6 nitrogen and oxygen atoms in total. The maximum Gasteiger partial charge on any atom is 0.251 e. The van der Waals surface area contributed by atoms with E-state index in [4.69, 9.17) is 0 Å². The zero-order chi connectivity index (χ0) is 18.8. The van der Waals surface area contributed by atoms with Crippen molar-refractivity contribution in [1.29, 1.82) is 0 Å². The lowest BCUT2D eigenvalue weighted by Crippen LogP contribution is -2.17. The molecular formula is C21H19N5O. The summed E-state index contributed by atoms with van der Waals surface area (Å²) in [6.07, 6.45) is 0. The minimum absolute atomic E-state index is 0.116. The van der Waals surface area contributed by atoms with Gasteiger partial charge in [0.25, 0.3) is 5.91 Å². The maximum absolute atomic E-state index is 11.6. The fourth-order valence-corrected chi connectivity index (χ4v) is 2.88. The molecule has 0 spiro atoms. The van der Waals surface area contributed by atoms with E-state index >= 15 is 0 Å². The van der Waals surface area contributed by atoms with E-state index in [-0.39, 0.29) is 5.91 Å². The molecule has 1 amide bonds. The molecule has 0 radical (unpaired) electrons. The quantitative estimate of drug-likeness (QED) is 0.583. The number of aromatic nitrogens is 3. The first-order valence-electron chi connectivity index (χ1n) is 8.66. The Balaban J connectivity index is 1.65. The second-order valence-corrected chi connectivity index (χ2v) is 6.26. The van der Waals surface area contributed by atoms with Crippen LogP contribution in [0, 0.1) is 6.92 Å². The molecule has 4 rings (SSSR count). The Kier molecular flexibility index (Phi) is 4.30. The Morgan fingerprint density at radius 1 is 0.963 bits per heavy atom. The lowest BCUT2D eigenvalue weighted by molar-refractivity contribution is 0.0963. The van der Waals surface area contributed by atoms with Crippen molar-refractivity contribution in [3.8, 4) is 11.3 Å². The van der Waals surface area contributed by atoms with Crippen molar-refractivity contribution in [3.05, 3.63) is 77.9 Å². The van der Waals surface area contributed by atoms with Crippen molar-refractivity contribution in [2.45, 2.75) is 6.92 Å². The molecule has 4 aromatic rings. The SMILES string of the molecule is CNC(=O)c1ccc(Nc2nc3cccc(-c4ccc(C)cc4)n3n2)cc1. The maximum atomic E-state index is 11.6. The van der Waals surface area contributed by atoms with E-state index < -0.39 is 0 Å². The molecule has 0 aliphatic rings. The predicted octanol–water partition coefficient (Wildman–Crippen LogP) is 3.81. The summed E-state index contributed by atoms with van der Waals surface area (Å²) in [4.78, 5) is 16.2. The molecule has 0 saturated carbocycles. The van der Waals surface area contributed by atoms with Crippen molar-refractivity contribution in [2.75, 3.05) is 12.4 Å². The lowest BCUT2D eigenvalue weighted by atomic mass is 10.1. The Morgan fingerprint density at radius 2 is 1.70 bits per heavy atom. The van der Waals surface area contributed by atoms with Gasteiger partial charge in [-0.05, 0) is 43.3 Å². The van der Waals surface area contributed by atoms with Gasteiger partial charge in [-0.1, -0.05) is 35.9 Å². The Bertz CT molecular complexity index is 1100. The van der Waals surface area contributed by atoms with Crippen LogP contribution in [0.3, 0.4) is 0 Å². The zero-order valence-corrected chi connectivity index (χ0v) is 15.1. The van der Waals surface area contributed by atoms with Crippen LogP contribution < -0.4 is 10.6 Å². The molecule has 2 aromatic carbocycles. The fourth-order valence-electron chi connectivity index (χ4n) is 2.88. The number of carbonyl (C=O) groups is 1. The topological polar surface area (TPSA) is 71.3 Å². The van der Waals surface area contributed by atoms with E-state index in [0.29, 0.717) is 11.5 Å². The third kappa shape index (κ3) is 3.37. The van der Waals surface area contributed by atoms with E-state index in [1.54, 1.807) is 19.2 Å². The molecule has 2 heterocycles.